The topological polar surface area (TPSA) is 59.0 Å². The molecule has 1 amide bonds. The van der Waals surface area contributed by atoms with Gasteiger partial charge in [-0.1, -0.05) is 52.6 Å². The fourth-order valence-electron chi connectivity index (χ4n) is 3.99. The summed E-state index contributed by atoms with van der Waals surface area (Å²) in [6, 6.07) is 7.20. The fraction of sp³-hybridized carbons (Fsp3) is 0.364. The molecule has 2 aromatic carbocycles. The molecule has 2 aliphatic heterocycles. The molecule has 13 heteroatoms. The summed E-state index contributed by atoms with van der Waals surface area (Å²) in [5.74, 6) is -1.67. The van der Waals surface area contributed by atoms with Gasteiger partial charge in [0.15, 0.2) is 11.5 Å². The average molecular weight is 555 g/mol. The molecular formula is C22H17Cl2F5N2O3S. The van der Waals surface area contributed by atoms with Gasteiger partial charge in [-0.2, -0.15) is 13.2 Å². The molecule has 0 bridgehead atoms. The normalized spacial score (nSPS) is 22.3. The molecule has 2 unspecified atom stereocenters. The molecule has 0 spiro atoms. The monoisotopic (exact) mass is 554 g/mol. The van der Waals surface area contributed by atoms with Crippen LogP contribution in [0.25, 0.3) is 0 Å². The van der Waals surface area contributed by atoms with Crippen LogP contribution in [0, 0.1) is 5.82 Å². The smallest absolute Gasteiger partial charge is 0.374 e. The Balaban J connectivity index is 1.53. The van der Waals surface area contributed by atoms with Crippen LogP contribution in [0.1, 0.15) is 23.1 Å². The van der Waals surface area contributed by atoms with Gasteiger partial charge in [-0.3, -0.25) is 9.00 Å². The minimum atomic E-state index is -4.95. The first-order valence-electron chi connectivity index (χ1n) is 10.1. The minimum absolute atomic E-state index is 0.0609. The molecule has 1 fully saturated rings. The Bertz CT molecular complexity index is 1210. The SMILES string of the molecule is CS(=O)CC(=O)N1CC(F)(c2ccc(C3=NOC(c4cc(Cl)c(F)c(Cl)c4)(C(F)(F)F)C3)cc2)C1. The van der Waals surface area contributed by atoms with E-state index in [4.69, 9.17) is 28.0 Å². The second kappa shape index (κ2) is 9.01. The zero-order chi connectivity index (χ0) is 25.8. The quantitative estimate of drug-likeness (QED) is 0.381. The average Bonchev–Trinajstić information content (AvgIpc) is 3.21. The van der Waals surface area contributed by atoms with Gasteiger partial charge >= 0.3 is 6.18 Å². The van der Waals surface area contributed by atoms with E-state index in [9.17, 15) is 26.6 Å². The largest absolute Gasteiger partial charge is 0.435 e. The highest BCUT2D eigenvalue weighted by Crippen LogP contribution is 2.50. The Hall–Kier alpha value is -2.24. The van der Waals surface area contributed by atoms with Crippen molar-refractivity contribution in [2.75, 3.05) is 25.1 Å². The molecule has 0 radical (unpaired) electrons. The van der Waals surface area contributed by atoms with Crippen LogP contribution < -0.4 is 0 Å². The second-order valence-corrected chi connectivity index (χ2v) is 10.6. The zero-order valence-corrected chi connectivity index (χ0v) is 20.3. The minimum Gasteiger partial charge on any atom is -0.374 e. The van der Waals surface area contributed by atoms with Crippen molar-refractivity contribution in [1.29, 1.82) is 0 Å². The van der Waals surface area contributed by atoms with Crippen LogP contribution in [0.5, 0.6) is 0 Å². The fourth-order valence-corrected chi connectivity index (χ4v) is 5.01. The number of carbonyl (C=O) groups is 1. The van der Waals surface area contributed by atoms with Crippen molar-refractivity contribution in [1.82, 2.24) is 4.90 Å². The lowest BCUT2D eigenvalue weighted by atomic mass is 9.85. The number of benzene rings is 2. The van der Waals surface area contributed by atoms with Crippen molar-refractivity contribution in [3.05, 3.63) is 69.0 Å². The van der Waals surface area contributed by atoms with E-state index in [1.165, 1.54) is 35.4 Å². The van der Waals surface area contributed by atoms with Crippen LogP contribution in [-0.2, 0) is 31.7 Å². The molecule has 2 aliphatic rings. The maximum atomic E-state index is 15.2. The van der Waals surface area contributed by atoms with Crippen molar-refractivity contribution in [2.24, 2.45) is 5.16 Å². The summed E-state index contributed by atoms with van der Waals surface area (Å²) in [7, 11) is -1.34. The summed E-state index contributed by atoms with van der Waals surface area (Å²) in [5.41, 5.74) is -4.83. The van der Waals surface area contributed by atoms with Crippen LogP contribution in [0.4, 0.5) is 22.0 Å². The van der Waals surface area contributed by atoms with E-state index in [0.717, 1.165) is 12.1 Å². The van der Waals surface area contributed by atoms with Crippen LogP contribution in [-0.4, -0.2) is 52.0 Å². The number of hydrogen-bond acceptors (Lipinski definition) is 4. The summed E-state index contributed by atoms with van der Waals surface area (Å²) in [6.07, 6.45) is -4.32. The molecular weight excluding hydrogens is 538 g/mol. The van der Waals surface area contributed by atoms with Crippen molar-refractivity contribution in [2.45, 2.75) is 23.9 Å². The van der Waals surface area contributed by atoms with Crippen LogP contribution in [0.15, 0.2) is 41.6 Å². The lowest BCUT2D eigenvalue weighted by Crippen LogP contribution is -2.59. The third kappa shape index (κ3) is 4.65. The number of nitrogens with zero attached hydrogens (tertiary/aromatic N) is 2. The number of hydrogen-bond donors (Lipinski definition) is 0. The molecule has 2 heterocycles. The molecule has 0 N–H and O–H groups in total. The molecule has 1 saturated heterocycles. The molecule has 0 saturated carbocycles. The molecule has 35 heavy (non-hydrogen) atoms. The highest BCUT2D eigenvalue weighted by molar-refractivity contribution is 7.85. The van der Waals surface area contributed by atoms with E-state index >= 15 is 4.39 Å². The van der Waals surface area contributed by atoms with Gasteiger partial charge in [-0.15, -0.1) is 0 Å². The number of amides is 1. The maximum Gasteiger partial charge on any atom is 0.435 e. The predicted molar refractivity (Wildman–Crippen MR) is 121 cm³/mol. The van der Waals surface area contributed by atoms with Crippen LogP contribution in [0.3, 0.4) is 0 Å². The molecule has 188 valence electrons. The number of carbonyl (C=O) groups excluding carboxylic acids is 1. The lowest BCUT2D eigenvalue weighted by molar-refractivity contribution is -0.275. The van der Waals surface area contributed by atoms with Crippen LogP contribution in [0.2, 0.25) is 10.0 Å². The summed E-state index contributed by atoms with van der Waals surface area (Å²) < 4.78 is 82.5. The van der Waals surface area contributed by atoms with Gasteiger partial charge in [0.1, 0.15) is 5.75 Å². The van der Waals surface area contributed by atoms with Gasteiger partial charge in [-0.25, -0.2) is 8.78 Å². The van der Waals surface area contributed by atoms with Gasteiger partial charge in [0.05, 0.1) is 28.8 Å². The van der Waals surface area contributed by atoms with Crippen molar-refractivity contribution < 1.29 is 35.8 Å². The van der Waals surface area contributed by atoms with E-state index in [1.807, 2.05) is 0 Å². The molecule has 4 rings (SSSR count). The van der Waals surface area contributed by atoms with E-state index in [1.54, 1.807) is 0 Å². The van der Waals surface area contributed by atoms with Crippen LogP contribution >= 0.6 is 23.2 Å². The van der Waals surface area contributed by atoms with E-state index in [0.29, 0.717) is 0 Å². The van der Waals surface area contributed by atoms with Crippen molar-refractivity contribution >= 4 is 45.6 Å². The highest BCUT2D eigenvalue weighted by Gasteiger charge is 2.62. The van der Waals surface area contributed by atoms with Crippen molar-refractivity contribution in [3.8, 4) is 0 Å². The Labute approximate surface area is 209 Å². The maximum absolute atomic E-state index is 15.2. The van der Waals surface area contributed by atoms with Gasteiger partial charge < -0.3 is 9.74 Å². The third-order valence-electron chi connectivity index (χ3n) is 5.93. The van der Waals surface area contributed by atoms with Gasteiger partial charge in [-0.05, 0) is 23.3 Å². The summed E-state index contributed by atoms with van der Waals surface area (Å²) in [5, 5.41) is 2.43. The Morgan fingerprint density at radius 3 is 2.23 bits per heavy atom. The van der Waals surface area contributed by atoms with Gasteiger partial charge in [0.2, 0.25) is 5.91 Å². The number of alkyl halides is 4. The molecule has 0 aromatic heterocycles. The first kappa shape index (κ1) is 25.8. The summed E-state index contributed by atoms with van der Waals surface area (Å²) >= 11 is 11.4. The van der Waals surface area contributed by atoms with Crippen molar-refractivity contribution in [3.63, 3.8) is 0 Å². The van der Waals surface area contributed by atoms with E-state index < -0.39 is 62.0 Å². The second-order valence-electron chi connectivity index (χ2n) is 8.39. The Morgan fingerprint density at radius 2 is 1.71 bits per heavy atom. The Morgan fingerprint density at radius 1 is 1.14 bits per heavy atom. The molecule has 2 aromatic rings. The van der Waals surface area contributed by atoms with Gasteiger partial charge in [0.25, 0.3) is 5.60 Å². The first-order chi connectivity index (χ1) is 16.3. The number of likely N-dealkylation sites (tertiary alicyclic amines) is 1. The van der Waals surface area contributed by atoms with E-state index in [2.05, 4.69) is 5.16 Å². The first-order valence-corrected chi connectivity index (χ1v) is 12.6. The standard InChI is InChI=1S/C22H17Cl2F5N2O3S/c1-35(33)9-18(32)31-10-20(26,11-31)13-4-2-12(3-5-13)17-8-21(34-30-17,22(27,28)29)14-6-15(23)19(25)16(24)7-14/h2-7H,8-11H2,1H3. The predicted octanol–water partition coefficient (Wildman–Crippen LogP) is 5.10. The summed E-state index contributed by atoms with van der Waals surface area (Å²) in [4.78, 5) is 18.1. The highest BCUT2D eigenvalue weighted by atomic mass is 35.5. The number of halogens is 7. The third-order valence-corrected chi connectivity index (χ3v) is 7.14. The van der Waals surface area contributed by atoms with Gasteiger partial charge in [0, 0.05) is 29.0 Å². The molecule has 5 nitrogen and oxygen atoms in total. The summed E-state index contributed by atoms with van der Waals surface area (Å²) in [6.45, 7) is -0.425. The van der Waals surface area contributed by atoms with E-state index in [-0.39, 0.29) is 35.7 Å². The number of rotatable bonds is 5. The lowest BCUT2D eigenvalue weighted by Gasteiger charge is -2.44. The molecule has 0 aliphatic carbocycles. The zero-order valence-electron chi connectivity index (χ0n) is 18.0. The molecule has 2 atom stereocenters. The Kier molecular flexibility index (Phi) is 6.65. The number of oxime groups is 1.